The molecule has 36 heavy (non-hydrogen) atoms. The average molecular weight is 489 g/mol. The van der Waals surface area contributed by atoms with Gasteiger partial charge in [-0.25, -0.2) is 10.5 Å². The number of aromatic nitrogens is 2. The second-order valence-electron chi connectivity index (χ2n) is 7.56. The molecule has 1 heterocycles. The van der Waals surface area contributed by atoms with Crippen LogP contribution in [0.2, 0.25) is 0 Å². The molecule has 184 valence electrons. The van der Waals surface area contributed by atoms with E-state index in [9.17, 15) is 19.5 Å². The number of aliphatic hydroxyl groups is 1. The van der Waals surface area contributed by atoms with Crippen molar-refractivity contribution < 1.29 is 24.7 Å². The summed E-state index contributed by atoms with van der Waals surface area (Å²) in [6.45, 7) is 1.36. The first-order valence-corrected chi connectivity index (χ1v) is 10.8. The van der Waals surface area contributed by atoms with Crippen LogP contribution < -0.4 is 21.4 Å². The molecule has 0 aliphatic rings. The zero-order valence-corrected chi connectivity index (χ0v) is 19.2. The van der Waals surface area contributed by atoms with E-state index in [1.165, 1.54) is 36.9 Å². The van der Waals surface area contributed by atoms with Crippen LogP contribution in [0.5, 0.6) is 0 Å². The minimum absolute atomic E-state index is 0.0442. The van der Waals surface area contributed by atoms with Crippen molar-refractivity contribution in [2.24, 2.45) is 0 Å². The largest absolute Gasteiger partial charge is 0.391 e. The summed E-state index contributed by atoms with van der Waals surface area (Å²) in [6, 6.07) is 12.0. The van der Waals surface area contributed by atoms with E-state index in [1.54, 1.807) is 42.6 Å². The van der Waals surface area contributed by atoms with Crippen LogP contribution in [-0.2, 0) is 9.59 Å². The molecule has 0 spiro atoms. The quantitative estimate of drug-likeness (QED) is 0.155. The highest BCUT2D eigenvalue weighted by molar-refractivity contribution is 5.97. The molecule has 11 nitrogen and oxygen atoms in total. The maximum Gasteiger partial charge on any atom is 0.268 e. The molecule has 3 aromatic rings. The van der Waals surface area contributed by atoms with Gasteiger partial charge in [0.05, 0.1) is 18.8 Å². The van der Waals surface area contributed by atoms with Crippen molar-refractivity contribution in [1.29, 1.82) is 0 Å². The Labute approximate surface area is 206 Å². The average Bonchev–Trinajstić information content (AvgIpc) is 2.90. The summed E-state index contributed by atoms with van der Waals surface area (Å²) >= 11 is 0. The zero-order chi connectivity index (χ0) is 25.9. The van der Waals surface area contributed by atoms with Crippen molar-refractivity contribution in [3.05, 3.63) is 83.8 Å². The highest BCUT2D eigenvalue weighted by Gasteiger charge is 2.25. The molecule has 2 aromatic carbocycles. The lowest BCUT2D eigenvalue weighted by Gasteiger charge is -2.19. The van der Waals surface area contributed by atoms with E-state index in [1.807, 2.05) is 0 Å². The predicted octanol–water partition coefficient (Wildman–Crippen LogP) is 0.912. The number of benzene rings is 2. The van der Waals surface area contributed by atoms with Crippen LogP contribution in [0, 0.1) is 11.8 Å². The standard InChI is InChI=1S/C25H24N6O5/c1-16(32)23(25(35)31-36)30-24(34)19-8-4-17(5-9-19)2-3-18-6-10-20(11-7-18)29-22(33)15-28-21-14-26-12-13-27-21/h4-14,16,23,32,36H,15H2,1H3,(H,27,28)(H,29,33)(H,30,34)(H,31,35). The van der Waals surface area contributed by atoms with Gasteiger partial charge in [-0.15, -0.1) is 0 Å². The summed E-state index contributed by atoms with van der Waals surface area (Å²) in [7, 11) is 0. The number of nitrogens with one attached hydrogen (secondary N) is 4. The second-order valence-corrected chi connectivity index (χ2v) is 7.56. The monoisotopic (exact) mass is 488 g/mol. The number of hydroxylamine groups is 1. The molecule has 2 atom stereocenters. The predicted molar refractivity (Wildman–Crippen MR) is 131 cm³/mol. The third-order valence-electron chi connectivity index (χ3n) is 4.82. The van der Waals surface area contributed by atoms with E-state index < -0.39 is 24.0 Å². The van der Waals surface area contributed by atoms with Crippen LogP contribution in [0.1, 0.15) is 28.4 Å². The van der Waals surface area contributed by atoms with Gasteiger partial charge >= 0.3 is 0 Å². The molecule has 6 N–H and O–H groups in total. The van der Waals surface area contributed by atoms with E-state index in [-0.39, 0.29) is 18.0 Å². The zero-order valence-electron chi connectivity index (χ0n) is 19.2. The molecule has 0 aliphatic carbocycles. The van der Waals surface area contributed by atoms with Gasteiger partial charge in [-0.1, -0.05) is 11.8 Å². The number of carbonyl (C=O) groups excluding carboxylic acids is 3. The summed E-state index contributed by atoms with van der Waals surface area (Å²) in [5.41, 5.74) is 3.66. The fraction of sp³-hybridized carbons (Fsp3) is 0.160. The molecule has 0 fully saturated rings. The fourth-order valence-corrected chi connectivity index (χ4v) is 2.95. The number of amides is 3. The van der Waals surface area contributed by atoms with E-state index in [0.29, 0.717) is 17.1 Å². The Kier molecular flexibility index (Phi) is 9.05. The lowest BCUT2D eigenvalue weighted by molar-refractivity contribution is -0.133. The first kappa shape index (κ1) is 25.8. The maximum atomic E-state index is 12.3. The van der Waals surface area contributed by atoms with Gasteiger partial charge in [0.1, 0.15) is 11.9 Å². The number of aliphatic hydroxyl groups excluding tert-OH is 1. The van der Waals surface area contributed by atoms with Crippen molar-refractivity contribution in [2.75, 3.05) is 17.2 Å². The van der Waals surface area contributed by atoms with Gasteiger partial charge in [-0.3, -0.25) is 24.6 Å². The first-order valence-electron chi connectivity index (χ1n) is 10.8. The highest BCUT2D eigenvalue weighted by atomic mass is 16.5. The number of rotatable bonds is 8. The summed E-state index contributed by atoms with van der Waals surface area (Å²) in [5, 5.41) is 26.4. The number of anilines is 2. The summed E-state index contributed by atoms with van der Waals surface area (Å²) < 4.78 is 0. The minimum Gasteiger partial charge on any atom is -0.391 e. The Morgan fingerprint density at radius 1 is 0.972 bits per heavy atom. The molecule has 3 amide bonds. The van der Waals surface area contributed by atoms with Gasteiger partial charge in [-0.2, -0.15) is 0 Å². The summed E-state index contributed by atoms with van der Waals surface area (Å²) in [5.74, 6) is 4.74. The van der Waals surface area contributed by atoms with Crippen LogP contribution in [0.3, 0.4) is 0 Å². The van der Waals surface area contributed by atoms with Gasteiger partial charge < -0.3 is 21.1 Å². The maximum absolute atomic E-state index is 12.3. The van der Waals surface area contributed by atoms with Gasteiger partial charge in [0, 0.05) is 34.8 Å². The Balaban J connectivity index is 1.54. The molecule has 3 rings (SSSR count). The van der Waals surface area contributed by atoms with E-state index in [2.05, 4.69) is 37.8 Å². The minimum atomic E-state index is -1.30. The lowest BCUT2D eigenvalue weighted by atomic mass is 10.1. The van der Waals surface area contributed by atoms with Crippen LogP contribution in [0.4, 0.5) is 11.5 Å². The van der Waals surface area contributed by atoms with Crippen LogP contribution in [-0.4, -0.2) is 56.7 Å². The van der Waals surface area contributed by atoms with Gasteiger partial charge in [-0.05, 0) is 55.5 Å². The Hall–Kier alpha value is -4.79. The van der Waals surface area contributed by atoms with E-state index >= 15 is 0 Å². The fourth-order valence-electron chi connectivity index (χ4n) is 2.95. The Bertz CT molecular complexity index is 1250. The van der Waals surface area contributed by atoms with Gasteiger partial charge in [0.15, 0.2) is 0 Å². The molecule has 0 saturated carbocycles. The van der Waals surface area contributed by atoms with Crippen molar-refractivity contribution in [2.45, 2.75) is 19.1 Å². The van der Waals surface area contributed by atoms with Crippen LogP contribution in [0.15, 0.2) is 67.1 Å². The summed E-state index contributed by atoms with van der Waals surface area (Å²) in [6.07, 6.45) is 3.39. The number of nitrogens with zero attached hydrogens (tertiary/aromatic N) is 2. The molecular weight excluding hydrogens is 464 g/mol. The molecule has 0 bridgehead atoms. The lowest BCUT2D eigenvalue weighted by Crippen LogP contribution is -2.51. The van der Waals surface area contributed by atoms with E-state index in [4.69, 9.17) is 5.21 Å². The molecular formula is C25H24N6O5. The van der Waals surface area contributed by atoms with Crippen molar-refractivity contribution in [3.8, 4) is 11.8 Å². The van der Waals surface area contributed by atoms with Crippen LogP contribution in [0.25, 0.3) is 0 Å². The van der Waals surface area contributed by atoms with Crippen LogP contribution >= 0.6 is 0 Å². The molecule has 0 radical (unpaired) electrons. The molecule has 0 saturated heterocycles. The molecule has 2 unspecified atom stereocenters. The van der Waals surface area contributed by atoms with Crippen molar-refractivity contribution in [1.82, 2.24) is 20.8 Å². The number of carbonyl (C=O) groups is 3. The molecule has 0 aliphatic heterocycles. The van der Waals surface area contributed by atoms with E-state index in [0.717, 1.165) is 5.56 Å². The third kappa shape index (κ3) is 7.63. The topological polar surface area (TPSA) is 166 Å². The smallest absolute Gasteiger partial charge is 0.268 e. The first-order chi connectivity index (χ1) is 17.4. The van der Waals surface area contributed by atoms with Gasteiger partial charge in [0.25, 0.3) is 11.8 Å². The second kappa shape index (κ2) is 12.6. The normalized spacial score (nSPS) is 11.8. The van der Waals surface area contributed by atoms with Crippen molar-refractivity contribution >= 4 is 29.2 Å². The molecule has 11 heteroatoms. The van der Waals surface area contributed by atoms with Crippen molar-refractivity contribution in [3.63, 3.8) is 0 Å². The Morgan fingerprint density at radius 3 is 2.17 bits per heavy atom. The van der Waals surface area contributed by atoms with Gasteiger partial charge in [0.2, 0.25) is 5.91 Å². The third-order valence-corrected chi connectivity index (χ3v) is 4.82. The Morgan fingerprint density at radius 2 is 1.61 bits per heavy atom. The summed E-state index contributed by atoms with van der Waals surface area (Å²) in [4.78, 5) is 43.9. The molecule has 1 aromatic heterocycles. The highest BCUT2D eigenvalue weighted by Crippen LogP contribution is 2.10. The number of hydrogen-bond donors (Lipinski definition) is 6. The number of hydrogen-bond acceptors (Lipinski definition) is 8. The SMILES string of the molecule is CC(O)C(NC(=O)c1ccc(C#Cc2ccc(NC(=O)CNc3cnccn3)cc2)cc1)C(=O)NO.